The minimum absolute atomic E-state index is 0.207. The third-order valence-corrected chi connectivity index (χ3v) is 13.0. The topological polar surface area (TPSA) is 7.12 Å². The normalized spacial score (nSPS) is 13.3. The first kappa shape index (κ1) is 24.5. The van der Waals surface area contributed by atoms with Crippen molar-refractivity contribution >= 4 is 95.6 Å². The van der Waals surface area contributed by atoms with Crippen LogP contribution < -0.4 is 34.8 Å². The molecule has 0 atom stereocenters. The summed E-state index contributed by atoms with van der Waals surface area (Å²) in [7, 11) is 2.15. The van der Waals surface area contributed by atoms with E-state index in [2.05, 4.69) is 145 Å². The van der Waals surface area contributed by atoms with Crippen molar-refractivity contribution in [3.63, 3.8) is 0 Å². The second-order valence-corrected chi connectivity index (χ2v) is 14.5. The molecule has 2 aliphatic heterocycles. The van der Waals surface area contributed by atoms with Gasteiger partial charge in [-0.15, -0.1) is 0 Å². The molecule has 7 aromatic rings. The molecule has 2 aliphatic rings. The van der Waals surface area contributed by atoms with Crippen molar-refractivity contribution in [3.8, 4) is 11.3 Å². The van der Waals surface area contributed by atoms with Gasteiger partial charge in [-0.1, -0.05) is 0 Å². The number of thiophene rings is 1. The van der Waals surface area contributed by atoms with Crippen molar-refractivity contribution in [3.05, 3.63) is 127 Å². The summed E-state index contributed by atoms with van der Waals surface area (Å²) >= 11 is 2.21. The SMILES string of the molecule is Cc1ccc2c(sc3c4c(ccc32)B2c3ccccc3N(c3ccccc3)c3cccc(c32)[Se]4)c1-c1cccc[n+]1C. The first-order chi connectivity index (χ1) is 20.7. The van der Waals surface area contributed by atoms with Gasteiger partial charge < -0.3 is 0 Å². The molecule has 0 fully saturated rings. The average Bonchev–Trinajstić information content (AvgIpc) is 3.41. The molecule has 5 heteroatoms. The van der Waals surface area contributed by atoms with Gasteiger partial charge in [-0.3, -0.25) is 0 Å². The van der Waals surface area contributed by atoms with Crippen molar-refractivity contribution in [2.45, 2.75) is 6.92 Å². The zero-order valence-corrected chi connectivity index (χ0v) is 25.9. The zero-order valence-electron chi connectivity index (χ0n) is 23.3. The number of para-hydroxylation sites is 2. The van der Waals surface area contributed by atoms with E-state index in [-0.39, 0.29) is 21.7 Å². The molecule has 5 aromatic carbocycles. The van der Waals surface area contributed by atoms with Crippen LogP contribution in [0.2, 0.25) is 0 Å². The number of rotatable bonds is 2. The van der Waals surface area contributed by atoms with E-state index in [0.29, 0.717) is 0 Å². The summed E-state index contributed by atoms with van der Waals surface area (Å²) in [5, 5.41) is 2.77. The van der Waals surface area contributed by atoms with Gasteiger partial charge in [0.15, 0.2) is 0 Å². The molecule has 0 unspecified atom stereocenters. The number of benzene rings is 5. The number of anilines is 3. The van der Waals surface area contributed by atoms with Crippen LogP contribution in [0.15, 0.2) is 121 Å². The third kappa shape index (κ3) is 3.36. The summed E-state index contributed by atoms with van der Waals surface area (Å²) in [4.78, 5) is 2.47. The molecule has 9 rings (SSSR count). The van der Waals surface area contributed by atoms with Crippen LogP contribution in [0.25, 0.3) is 31.4 Å². The summed E-state index contributed by atoms with van der Waals surface area (Å²) < 4.78 is 8.17. The second-order valence-electron chi connectivity index (χ2n) is 11.2. The van der Waals surface area contributed by atoms with Crippen LogP contribution in [0.5, 0.6) is 0 Å². The monoisotopic (exact) mass is 621 g/mol. The van der Waals surface area contributed by atoms with E-state index < -0.39 is 0 Å². The Balaban J connectivity index is 1.32. The molecule has 0 radical (unpaired) electrons. The molecule has 0 N–H and O–H groups in total. The molecule has 2 nitrogen and oxygen atoms in total. The van der Waals surface area contributed by atoms with Gasteiger partial charge in [-0.05, 0) is 0 Å². The van der Waals surface area contributed by atoms with Crippen molar-refractivity contribution in [1.29, 1.82) is 0 Å². The fourth-order valence-corrected chi connectivity index (χ4v) is 11.4. The molecule has 42 heavy (non-hydrogen) atoms. The molecule has 4 heterocycles. The Kier molecular flexibility index (Phi) is 5.34. The molecule has 0 aliphatic carbocycles. The van der Waals surface area contributed by atoms with Crippen LogP contribution >= 0.6 is 11.3 Å². The number of hydrogen-bond donors (Lipinski definition) is 0. The summed E-state index contributed by atoms with van der Waals surface area (Å²) in [6.45, 7) is 2.49. The standard InChI is InChI=1S/C37H26BN2SSe/c1-23-18-19-25-26-20-21-28-37(36(26)41-35(25)33(23)30-15-8-9-22-39(30)2)42-32-17-10-16-31-34(32)38(28)27-13-6-7-14-29(27)40(31)24-11-4-3-5-12-24/h3-22H,1-2H3/q+1. The van der Waals surface area contributed by atoms with Crippen molar-refractivity contribution < 1.29 is 4.57 Å². The first-order valence-corrected chi connectivity index (χ1v) is 16.9. The van der Waals surface area contributed by atoms with Crippen LogP contribution in [-0.4, -0.2) is 21.7 Å². The van der Waals surface area contributed by atoms with Crippen molar-refractivity contribution in [2.24, 2.45) is 7.05 Å². The van der Waals surface area contributed by atoms with E-state index >= 15 is 0 Å². The Labute approximate surface area is 256 Å². The number of fused-ring (bicyclic) bond motifs is 8. The fraction of sp³-hybridized carbons (Fsp3) is 0.0541. The van der Waals surface area contributed by atoms with Crippen LogP contribution in [0.3, 0.4) is 0 Å². The zero-order chi connectivity index (χ0) is 27.9. The molecular formula is C37H26BN2SSe+. The molecule has 0 spiro atoms. The van der Waals surface area contributed by atoms with E-state index in [0.717, 1.165) is 0 Å². The molecule has 0 saturated carbocycles. The van der Waals surface area contributed by atoms with E-state index in [1.54, 1.807) is 4.46 Å². The second kappa shape index (κ2) is 9.18. The van der Waals surface area contributed by atoms with E-state index in [9.17, 15) is 0 Å². The number of aromatic nitrogens is 1. The van der Waals surface area contributed by atoms with Gasteiger partial charge in [0.2, 0.25) is 0 Å². The summed E-state index contributed by atoms with van der Waals surface area (Å²) in [6.07, 6.45) is 2.15. The summed E-state index contributed by atoms with van der Waals surface area (Å²) in [6, 6.07) is 42.9. The third-order valence-electron chi connectivity index (χ3n) is 8.91. The predicted octanol–water partition coefficient (Wildman–Crippen LogP) is 5.12. The Bertz CT molecular complexity index is 2220. The van der Waals surface area contributed by atoms with Gasteiger partial charge in [-0.25, -0.2) is 0 Å². The van der Waals surface area contributed by atoms with E-state index in [1.807, 2.05) is 11.3 Å². The maximum atomic E-state index is 2.47. The molecule has 198 valence electrons. The first-order valence-electron chi connectivity index (χ1n) is 14.4. The van der Waals surface area contributed by atoms with Gasteiger partial charge in [0.05, 0.1) is 0 Å². The van der Waals surface area contributed by atoms with Crippen molar-refractivity contribution in [2.75, 3.05) is 4.90 Å². The molecular weight excluding hydrogens is 594 g/mol. The predicted molar refractivity (Wildman–Crippen MR) is 181 cm³/mol. The van der Waals surface area contributed by atoms with Crippen LogP contribution in [0.1, 0.15) is 5.56 Å². The fourth-order valence-electron chi connectivity index (χ4n) is 7.04. The molecule has 2 aromatic heterocycles. The number of aryl methyl sites for hydroxylation is 2. The number of pyridine rings is 1. The molecule has 0 bridgehead atoms. The number of hydrogen-bond acceptors (Lipinski definition) is 2. The quantitative estimate of drug-likeness (QED) is 0.192. The summed E-state index contributed by atoms with van der Waals surface area (Å²) in [5.41, 5.74) is 12.1. The van der Waals surface area contributed by atoms with E-state index in [4.69, 9.17) is 0 Å². The number of nitrogens with zero attached hydrogens (tertiary/aromatic N) is 2. The van der Waals surface area contributed by atoms with Gasteiger partial charge in [0, 0.05) is 0 Å². The molecule has 0 saturated heterocycles. The minimum atomic E-state index is 0.207. The Morgan fingerprint density at radius 3 is 2.33 bits per heavy atom. The Morgan fingerprint density at radius 2 is 1.45 bits per heavy atom. The van der Waals surface area contributed by atoms with Gasteiger partial charge in [0.25, 0.3) is 0 Å². The average molecular weight is 620 g/mol. The van der Waals surface area contributed by atoms with Crippen LogP contribution in [-0.2, 0) is 7.05 Å². The van der Waals surface area contributed by atoms with Gasteiger partial charge >= 0.3 is 257 Å². The Morgan fingerprint density at radius 1 is 0.690 bits per heavy atom. The van der Waals surface area contributed by atoms with E-state index in [1.165, 1.54) is 74.9 Å². The Hall–Kier alpha value is -4.15. The summed E-state index contributed by atoms with van der Waals surface area (Å²) in [5.74, 6) is 0. The van der Waals surface area contributed by atoms with Gasteiger partial charge in [-0.2, -0.15) is 0 Å². The van der Waals surface area contributed by atoms with Crippen LogP contribution in [0, 0.1) is 6.92 Å². The molecule has 0 amide bonds. The van der Waals surface area contributed by atoms with Crippen molar-refractivity contribution in [1.82, 2.24) is 0 Å². The maximum absolute atomic E-state index is 2.47. The van der Waals surface area contributed by atoms with Gasteiger partial charge in [0.1, 0.15) is 0 Å². The van der Waals surface area contributed by atoms with Crippen LogP contribution in [0.4, 0.5) is 17.1 Å².